The predicted molar refractivity (Wildman–Crippen MR) is 79.4 cm³/mol. The van der Waals surface area contributed by atoms with Crippen molar-refractivity contribution >= 4 is 17.3 Å². The maximum atomic E-state index is 11.0. The summed E-state index contributed by atoms with van der Waals surface area (Å²) in [6, 6.07) is 8.12. The summed E-state index contributed by atoms with van der Waals surface area (Å²) in [4.78, 5) is 13.4. The van der Waals surface area contributed by atoms with Gasteiger partial charge in [-0.15, -0.1) is 0 Å². The molecule has 2 rings (SSSR count). The van der Waals surface area contributed by atoms with Crippen molar-refractivity contribution < 1.29 is 9.28 Å². The molecule has 0 atom stereocenters. The minimum Gasteiger partial charge on any atom is -0.360 e. The fraction of sp³-hybridized carbons (Fsp3) is 0.533. The SMILES string of the molecule is CC[N+]1(C)CCN(c2ccc(NC(C)=O)cc2)CC1. The smallest absolute Gasteiger partial charge is 0.221 e. The Morgan fingerprint density at radius 1 is 1.26 bits per heavy atom. The molecule has 0 aromatic heterocycles. The van der Waals surface area contributed by atoms with E-state index in [9.17, 15) is 4.79 Å². The van der Waals surface area contributed by atoms with Gasteiger partial charge in [0.15, 0.2) is 0 Å². The molecular weight excluding hydrogens is 238 g/mol. The number of carbonyl (C=O) groups is 1. The van der Waals surface area contributed by atoms with Crippen molar-refractivity contribution in [3.05, 3.63) is 24.3 Å². The molecule has 1 aliphatic heterocycles. The lowest BCUT2D eigenvalue weighted by molar-refractivity contribution is -0.908. The zero-order valence-corrected chi connectivity index (χ0v) is 12.1. The summed E-state index contributed by atoms with van der Waals surface area (Å²) >= 11 is 0. The van der Waals surface area contributed by atoms with Crippen LogP contribution in [0, 0.1) is 0 Å². The standard InChI is InChI=1S/C15H23N3O/c1-4-18(3)11-9-17(10-12-18)15-7-5-14(6-8-15)16-13(2)19/h5-8H,4,9-12H2,1-3H3/p+1. The molecule has 0 spiro atoms. The van der Waals surface area contributed by atoms with Gasteiger partial charge in [0, 0.05) is 18.3 Å². The summed E-state index contributed by atoms with van der Waals surface area (Å²) in [5.74, 6) is -0.0262. The van der Waals surface area contributed by atoms with Crippen molar-refractivity contribution in [2.24, 2.45) is 0 Å². The third-order valence-electron chi connectivity index (χ3n) is 4.14. The zero-order chi connectivity index (χ0) is 13.9. The molecule has 1 heterocycles. The average Bonchev–Trinajstić information content (AvgIpc) is 2.40. The maximum Gasteiger partial charge on any atom is 0.221 e. The van der Waals surface area contributed by atoms with Crippen LogP contribution >= 0.6 is 0 Å². The Morgan fingerprint density at radius 2 is 1.84 bits per heavy atom. The summed E-state index contributed by atoms with van der Waals surface area (Å²) < 4.78 is 1.17. The zero-order valence-electron chi connectivity index (χ0n) is 12.1. The van der Waals surface area contributed by atoms with E-state index in [-0.39, 0.29) is 5.91 Å². The maximum absolute atomic E-state index is 11.0. The van der Waals surface area contributed by atoms with E-state index in [4.69, 9.17) is 0 Å². The molecule has 0 bridgehead atoms. The number of hydrogen-bond donors (Lipinski definition) is 1. The first-order valence-corrected chi connectivity index (χ1v) is 6.98. The molecule has 4 nitrogen and oxygen atoms in total. The normalized spacial score (nSPS) is 18.2. The third-order valence-corrected chi connectivity index (χ3v) is 4.14. The molecule has 1 saturated heterocycles. The second-order valence-corrected chi connectivity index (χ2v) is 5.60. The van der Waals surface area contributed by atoms with Gasteiger partial charge in [-0.2, -0.15) is 0 Å². The number of likely N-dealkylation sites (N-methyl/N-ethyl adjacent to an activating group) is 1. The molecule has 4 heteroatoms. The first-order valence-electron chi connectivity index (χ1n) is 6.98. The first-order chi connectivity index (χ1) is 9.02. The second-order valence-electron chi connectivity index (χ2n) is 5.60. The van der Waals surface area contributed by atoms with Gasteiger partial charge in [0.05, 0.1) is 39.8 Å². The molecule has 1 aliphatic rings. The van der Waals surface area contributed by atoms with Crippen LogP contribution in [-0.2, 0) is 4.79 Å². The largest absolute Gasteiger partial charge is 0.360 e. The highest BCUT2D eigenvalue weighted by atomic mass is 16.1. The van der Waals surface area contributed by atoms with Gasteiger partial charge in [-0.1, -0.05) is 0 Å². The van der Waals surface area contributed by atoms with Gasteiger partial charge in [-0.3, -0.25) is 4.79 Å². The lowest BCUT2D eigenvalue weighted by Crippen LogP contribution is -2.57. The van der Waals surface area contributed by atoms with E-state index >= 15 is 0 Å². The molecule has 104 valence electrons. The molecule has 0 saturated carbocycles. The van der Waals surface area contributed by atoms with Gasteiger partial charge in [-0.05, 0) is 31.2 Å². The quantitative estimate of drug-likeness (QED) is 0.844. The Bertz CT molecular complexity index is 433. The lowest BCUT2D eigenvalue weighted by atomic mass is 10.2. The number of rotatable bonds is 3. The Morgan fingerprint density at radius 3 is 2.32 bits per heavy atom. The number of benzene rings is 1. The number of quaternary nitrogens is 1. The number of nitrogens with one attached hydrogen (secondary N) is 1. The van der Waals surface area contributed by atoms with Crippen molar-refractivity contribution in [1.29, 1.82) is 0 Å². The lowest BCUT2D eigenvalue weighted by Gasteiger charge is -2.42. The first kappa shape index (κ1) is 13.9. The second kappa shape index (κ2) is 5.61. The van der Waals surface area contributed by atoms with Crippen LogP contribution in [0.4, 0.5) is 11.4 Å². The average molecular weight is 262 g/mol. The van der Waals surface area contributed by atoms with Crippen molar-refractivity contribution in [2.45, 2.75) is 13.8 Å². The summed E-state index contributed by atoms with van der Waals surface area (Å²) in [5, 5.41) is 2.80. The summed E-state index contributed by atoms with van der Waals surface area (Å²) in [5.41, 5.74) is 2.11. The van der Waals surface area contributed by atoms with E-state index in [2.05, 4.69) is 36.3 Å². The van der Waals surface area contributed by atoms with Gasteiger partial charge in [0.2, 0.25) is 5.91 Å². The van der Waals surface area contributed by atoms with Crippen LogP contribution in [0.1, 0.15) is 13.8 Å². The number of amides is 1. The third kappa shape index (κ3) is 3.47. The van der Waals surface area contributed by atoms with E-state index in [0.29, 0.717) is 0 Å². The van der Waals surface area contributed by atoms with E-state index in [0.717, 1.165) is 18.8 Å². The van der Waals surface area contributed by atoms with Gasteiger partial charge >= 0.3 is 0 Å². The van der Waals surface area contributed by atoms with Crippen LogP contribution in [0.25, 0.3) is 0 Å². The monoisotopic (exact) mass is 262 g/mol. The Balaban J connectivity index is 1.98. The van der Waals surface area contributed by atoms with E-state index < -0.39 is 0 Å². The summed E-state index contributed by atoms with van der Waals surface area (Å²) in [7, 11) is 2.33. The topological polar surface area (TPSA) is 32.3 Å². The number of nitrogens with zero attached hydrogens (tertiary/aromatic N) is 2. The Labute approximate surface area is 115 Å². The molecule has 1 aromatic carbocycles. The molecule has 1 aromatic rings. The van der Waals surface area contributed by atoms with E-state index in [1.54, 1.807) is 0 Å². The number of carbonyl (C=O) groups excluding carboxylic acids is 1. The summed E-state index contributed by atoms with van der Waals surface area (Å²) in [6.07, 6.45) is 0. The van der Waals surface area contributed by atoms with Crippen LogP contribution in [0.15, 0.2) is 24.3 Å². The van der Waals surface area contributed by atoms with E-state index in [1.165, 1.54) is 36.7 Å². The molecule has 1 N–H and O–H groups in total. The van der Waals surface area contributed by atoms with Gasteiger partial charge in [0.25, 0.3) is 0 Å². The number of hydrogen-bond acceptors (Lipinski definition) is 2. The number of anilines is 2. The molecular formula is C15H24N3O+. The van der Waals surface area contributed by atoms with Gasteiger partial charge in [0.1, 0.15) is 0 Å². The highest BCUT2D eigenvalue weighted by Crippen LogP contribution is 2.21. The minimum absolute atomic E-state index is 0.0262. The molecule has 1 amide bonds. The Hall–Kier alpha value is -1.55. The summed E-state index contributed by atoms with van der Waals surface area (Å²) in [6.45, 7) is 9.59. The van der Waals surface area contributed by atoms with Crippen molar-refractivity contribution in [3.63, 3.8) is 0 Å². The minimum atomic E-state index is -0.0262. The molecule has 0 unspecified atom stereocenters. The van der Waals surface area contributed by atoms with Gasteiger partial charge < -0.3 is 14.7 Å². The molecule has 0 radical (unpaired) electrons. The fourth-order valence-electron chi connectivity index (χ4n) is 2.48. The van der Waals surface area contributed by atoms with Crippen LogP contribution in [-0.4, -0.2) is 50.2 Å². The molecule has 0 aliphatic carbocycles. The van der Waals surface area contributed by atoms with E-state index in [1.807, 2.05) is 12.1 Å². The highest BCUT2D eigenvalue weighted by Gasteiger charge is 2.26. The predicted octanol–water partition coefficient (Wildman–Crippen LogP) is 1.93. The molecule has 19 heavy (non-hydrogen) atoms. The van der Waals surface area contributed by atoms with Crippen LogP contribution in [0.2, 0.25) is 0 Å². The van der Waals surface area contributed by atoms with Crippen molar-refractivity contribution in [3.8, 4) is 0 Å². The highest BCUT2D eigenvalue weighted by molar-refractivity contribution is 5.88. The molecule has 1 fully saturated rings. The van der Waals surface area contributed by atoms with Crippen LogP contribution < -0.4 is 10.2 Å². The number of piperazine rings is 1. The Kier molecular flexibility index (Phi) is 4.10. The van der Waals surface area contributed by atoms with Crippen LogP contribution in [0.5, 0.6) is 0 Å². The van der Waals surface area contributed by atoms with Crippen LogP contribution in [0.3, 0.4) is 0 Å². The van der Waals surface area contributed by atoms with Crippen molar-refractivity contribution in [2.75, 3.05) is 50.0 Å². The van der Waals surface area contributed by atoms with Gasteiger partial charge in [-0.25, -0.2) is 0 Å². The van der Waals surface area contributed by atoms with Crippen molar-refractivity contribution in [1.82, 2.24) is 0 Å². The fourth-order valence-corrected chi connectivity index (χ4v) is 2.48.